The largest absolute Gasteiger partial charge is 3.00 e. The van der Waals surface area contributed by atoms with Gasteiger partial charge in [-0.2, -0.15) is 5.26 Å². The molecule has 0 atom stereocenters. The second kappa shape index (κ2) is 21.6. The summed E-state index contributed by atoms with van der Waals surface area (Å²) in [6.07, 6.45) is 9.27. The first-order valence-electron chi connectivity index (χ1n) is 23.5. The maximum Gasteiger partial charge on any atom is 3.00 e. The van der Waals surface area contributed by atoms with Crippen LogP contribution in [0.5, 0.6) is 0 Å². The molecule has 0 aliphatic rings. The van der Waals surface area contributed by atoms with Crippen LogP contribution in [0.3, 0.4) is 0 Å². The van der Waals surface area contributed by atoms with Crippen LogP contribution < -0.4 is 0 Å². The van der Waals surface area contributed by atoms with Crippen molar-refractivity contribution in [2.75, 3.05) is 0 Å². The number of pyridine rings is 3. The molecule has 4 nitrogen and oxygen atoms in total. The van der Waals surface area contributed by atoms with E-state index in [1.54, 1.807) is 0 Å². The van der Waals surface area contributed by atoms with Crippen molar-refractivity contribution in [3.05, 3.63) is 257 Å². The van der Waals surface area contributed by atoms with Crippen LogP contribution in [0.25, 0.3) is 78.3 Å². The Kier molecular flexibility index (Phi) is 14.6. The fourth-order valence-corrected chi connectivity index (χ4v) is 8.86. The summed E-state index contributed by atoms with van der Waals surface area (Å²) in [7, 11) is 0. The van der Waals surface area contributed by atoms with Crippen LogP contribution in [0.2, 0.25) is 0 Å². The van der Waals surface area contributed by atoms with Crippen LogP contribution >= 0.6 is 0 Å². The van der Waals surface area contributed by atoms with Gasteiger partial charge in [0.15, 0.2) is 0 Å². The Balaban J connectivity index is 0.00000608. The molecule has 3 aromatic heterocycles. The molecule has 10 rings (SSSR count). The molecular weight excluding hydrogens is 1030 g/mol. The third-order valence-corrected chi connectivity index (χ3v) is 12.8. The van der Waals surface area contributed by atoms with E-state index >= 15 is 0 Å². The predicted molar refractivity (Wildman–Crippen MR) is 281 cm³/mol. The second-order valence-corrected chi connectivity index (χ2v) is 17.9. The van der Waals surface area contributed by atoms with Crippen LogP contribution in [0.4, 0.5) is 0 Å². The van der Waals surface area contributed by atoms with E-state index in [1.807, 2.05) is 42.9 Å². The van der Waals surface area contributed by atoms with Crippen LogP contribution in [0, 0.1) is 50.3 Å². The summed E-state index contributed by atoms with van der Waals surface area (Å²) in [5, 5.41) is 9.38. The Bertz CT molecular complexity index is 3300. The number of aryl methyl sites for hydroxylation is 7. The van der Waals surface area contributed by atoms with Gasteiger partial charge in [-0.3, -0.25) is 0 Å². The zero-order chi connectivity index (χ0) is 47.1. The van der Waals surface area contributed by atoms with Crippen molar-refractivity contribution in [3.63, 3.8) is 0 Å². The molecule has 5 heteroatoms. The van der Waals surface area contributed by atoms with Gasteiger partial charge in [-0.25, -0.2) is 0 Å². The first kappa shape index (κ1) is 47.2. The molecule has 0 aliphatic heterocycles. The van der Waals surface area contributed by atoms with Crippen LogP contribution in [-0.2, 0) is 45.8 Å². The van der Waals surface area contributed by atoms with Crippen molar-refractivity contribution >= 4 is 0 Å². The fraction of sp³-hybridized carbons (Fsp3) is 0.108. The second-order valence-electron chi connectivity index (χ2n) is 17.9. The number of rotatable bonds is 13. The van der Waals surface area contributed by atoms with E-state index < -0.39 is 0 Å². The third-order valence-electron chi connectivity index (χ3n) is 12.8. The number of benzene rings is 7. The molecule has 10 aromatic rings. The molecule has 0 bridgehead atoms. The number of nitriles is 1. The number of aromatic nitrogens is 3. The van der Waals surface area contributed by atoms with Gasteiger partial charge < -0.3 is 15.0 Å². The minimum atomic E-state index is 0. The van der Waals surface area contributed by atoms with Crippen LogP contribution in [-0.4, -0.2) is 15.0 Å². The maximum atomic E-state index is 9.38. The summed E-state index contributed by atoms with van der Waals surface area (Å²) >= 11 is 0. The SMILES string of the molecule is Cc1ccc(-c2[c-]cc(CCc3cc(CCc4c[c-]c(-c5ccc(C)cn5)cc4)cc(-c4ccccc4-c4c[c-]c(-c5ccc(C)cn5)cc4-c4ccc(-c5ccc(C#N)cc5)cc4)c3)cc2)nc1.[Ir+3]. The molecule has 0 saturated heterocycles. The average molecular weight is 1080 g/mol. The summed E-state index contributed by atoms with van der Waals surface area (Å²) in [6.45, 7) is 6.17. The quantitative estimate of drug-likeness (QED) is 0.108. The van der Waals surface area contributed by atoms with Gasteiger partial charge in [0.2, 0.25) is 0 Å². The molecular formula is C65H49IrN4. The Labute approximate surface area is 425 Å². The van der Waals surface area contributed by atoms with Crippen molar-refractivity contribution in [2.45, 2.75) is 46.5 Å². The molecule has 0 spiro atoms. The van der Waals surface area contributed by atoms with E-state index in [0.29, 0.717) is 5.56 Å². The Morgan fingerprint density at radius 1 is 0.386 bits per heavy atom. The Hall–Kier alpha value is -7.87. The summed E-state index contributed by atoms with van der Waals surface area (Å²) in [6, 6.07) is 75.1. The molecule has 3 heterocycles. The van der Waals surface area contributed by atoms with Crippen molar-refractivity contribution < 1.29 is 20.1 Å². The number of hydrogen-bond donors (Lipinski definition) is 0. The molecule has 0 N–H and O–H groups in total. The Morgan fingerprint density at radius 2 is 0.843 bits per heavy atom. The zero-order valence-electron chi connectivity index (χ0n) is 39.4. The molecule has 0 saturated carbocycles. The predicted octanol–water partition coefficient (Wildman–Crippen LogP) is 15.3. The van der Waals surface area contributed by atoms with Gasteiger partial charge in [0.1, 0.15) is 0 Å². The van der Waals surface area contributed by atoms with Crippen LogP contribution in [0.1, 0.15) is 44.5 Å². The van der Waals surface area contributed by atoms with Gasteiger partial charge >= 0.3 is 20.1 Å². The maximum absolute atomic E-state index is 9.38. The average Bonchev–Trinajstić information content (AvgIpc) is 3.40. The smallest absolute Gasteiger partial charge is 0.304 e. The first-order chi connectivity index (χ1) is 33.8. The minimum absolute atomic E-state index is 0. The van der Waals surface area contributed by atoms with Gasteiger partial charge in [0, 0.05) is 18.6 Å². The van der Waals surface area contributed by atoms with Gasteiger partial charge in [-0.15, -0.1) is 94.5 Å². The van der Waals surface area contributed by atoms with Gasteiger partial charge in [0.05, 0.1) is 11.6 Å². The van der Waals surface area contributed by atoms with Crippen molar-refractivity contribution in [1.82, 2.24) is 15.0 Å². The first-order valence-corrected chi connectivity index (χ1v) is 23.5. The molecule has 0 unspecified atom stereocenters. The summed E-state index contributed by atoms with van der Waals surface area (Å²) in [4.78, 5) is 14.0. The van der Waals surface area contributed by atoms with E-state index in [1.165, 1.54) is 27.8 Å². The molecule has 0 aliphatic carbocycles. The number of nitrogens with zero attached hydrogens (tertiary/aromatic N) is 4. The summed E-state index contributed by atoms with van der Waals surface area (Å²) in [5.74, 6) is 0. The summed E-state index contributed by atoms with van der Waals surface area (Å²) in [5.41, 5.74) is 23.7. The van der Waals surface area contributed by atoms with Gasteiger partial charge in [0.25, 0.3) is 0 Å². The normalized spacial score (nSPS) is 10.9. The molecule has 7 aromatic carbocycles. The topological polar surface area (TPSA) is 62.5 Å². The standard InChI is InChI=1S/C65H49N4.Ir/c1-44-8-33-63(67-41-44)55-23-15-47(16-24-55)11-13-50-36-51(14-12-48-17-25-56(26-18-48)64-34-9-45(2)42-68-64)38-58(37-50)59-6-4-5-7-60(59)61-32-31-57(65-35-10-46(3)43-69-65)39-62(61)54-29-27-53(28-30-54)52-21-19-49(40-66)20-22-52;/h4-10,15-23,25,27-30,32-39,41-43H,11-14H2,1-3H3;/q-3;+3. The van der Waals surface area contributed by atoms with Crippen molar-refractivity contribution in [1.29, 1.82) is 5.26 Å². The molecule has 70 heavy (non-hydrogen) atoms. The van der Waals surface area contributed by atoms with E-state index in [4.69, 9.17) is 4.98 Å². The van der Waals surface area contributed by atoms with Crippen LogP contribution in [0.15, 0.2) is 195 Å². The van der Waals surface area contributed by atoms with Gasteiger partial charge in [-0.1, -0.05) is 145 Å². The Morgan fingerprint density at radius 3 is 1.31 bits per heavy atom. The molecule has 0 fully saturated rings. The van der Waals surface area contributed by atoms with Gasteiger partial charge in [-0.05, 0) is 118 Å². The summed E-state index contributed by atoms with van der Waals surface area (Å²) < 4.78 is 0. The molecule has 338 valence electrons. The minimum Gasteiger partial charge on any atom is -0.304 e. The molecule has 0 amide bonds. The number of hydrogen-bond acceptors (Lipinski definition) is 4. The van der Waals surface area contributed by atoms with Crippen molar-refractivity contribution in [3.8, 4) is 84.3 Å². The molecule has 0 radical (unpaired) electrons. The van der Waals surface area contributed by atoms with E-state index in [-0.39, 0.29) is 20.1 Å². The fourth-order valence-electron chi connectivity index (χ4n) is 8.86. The zero-order valence-corrected chi connectivity index (χ0v) is 41.8. The van der Waals surface area contributed by atoms with E-state index in [9.17, 15) is 5.26 Å². The van der Waals surface area contributed by atoms with E-state index in [2.05, 4.69) is 207 Å². The van der Waals surface area contributed by atoms with E-state index in [0.717, 1.165) is 115 Å². The third kappa shape index (κ3) is 11.0. The monoisotopic (exact) mass is 1080 g/mol. The van der Waals surface area contributed by atoms with Crippen molar-refractivity contribution in [2.24, 2.45) is 0 Å².